The van der Waals surface area contributed by atoms with E-state index in [1.807, 2.05) is 42.8 Å². The van der Waals surface area contributed by atoms with E-state index in [2.05, 4.69) is 4.98 Å². The van der Waals surface area contributed by atoms with Crippen LogP contribution >= 0.6 is 11.6 Å². The number of hydrogen-bond donors (Lipinski definition) is 0. The molecule has 2 aromatic heterocycles. The van der Waals surface area contributed by atoms with Gasteiger partial charge in [0.05, 0.1) is 5.69 Å². The number of benzene rings is 1. The van der Waals surface area contributed by atoms with Crippen LogP contribution < -0.4 is 4.74 Å². The summed E-state index contributed by atoms with van der Waals surface area (Å²) in [6, 6.07) is 9.16. The molecule has 0 fully saturated rings. The fourth-order valence-electron chi connectivity index (χ4n) is 2.32. The smallest absolute Gasteiger partial charge is 0.344 e. The highest BCUT2D eigenvalue weighted by Crippen LogP contribution is 2.21. The number of nitrogens with zero attached hydrogens (tertiary/aromatic N) is 2. The summed E-state index contributed by atoms with van der Waals surface area (Å²) in [6.45, 7) is 3.81. The number of halogens is 1. The third kappa shape index (κ3) is 3.68. The Labute approximate surface area is 144 Å². The van der Waals surface area contributed by atoms with E-state index in [-0.39, 0.29) is 13.2 Å². The molecule has 5 nitrogen and oxygen atoms in total. The van der Waals surface area contributed by atoms with Crippen molar-refractivity contribution >= 4 is 23.2 Å². The quantitative estimate of drug-likeness (QED) is 0.662. The number of aromatic nitrogens is 2. The van der Waals surface area contributed by atoms with Gasteiger partial charge in [-0.1, -0.05) is 17.7 Å². The Morgan fingerprint density at radius 1 is 1.25 bits per heavy atom. The molecule has 1 aromatic carbocycles. The number of esters is 1. The van der Waals surface area contributed by atoms with Gasteiger partial charge >= 0.3 is 5.97 Å². The highest BCUT2D eigenvalue weighted by Gasteiger charge is 2.09. The van der Waals surface area contributed by atoms with Gasteiger partial charge in [0.15, 0.2) is 6.61 Å². The number of imidazole rings is 1. The van der Waals surface area contributed by atoms with Crippen molar-refractivity contribution in [3.8, 4) is 5.75 Å². The van der Waals surface area contributed by atoms with Crippen molar-refractivity contribution in [3.63, 3.8) is 0 Å². The van der Waals surface area contributed by atoms with Crippen LogP contribution in [0.15, 0.2) is 42.7 Å². The first-order chi connectivity index (χ1) is 11.5. The minimum Gasteiger partial charge on any atom is -0.482 e. The number of pyridine rings is 1. The molecule has 0 spiro atoms. The van der Waals surface area contributed by atoms with Crippen LogP contribution in [0.5, 0.6) is 5.75 Å². The first-order valence-corrected chi connectivity index (χ1v) is 7.88. The predicted molar refractivity (Wildman–Crippen MR) is 91.4 cm³/mol. The second-order valence-corrected chi connectivity index (χ2v) is 5.92. The third-order valence-electron chi connectivity index (χ3n) is 3.59. The predicted octanol–water partition coefficient (Wildman–Crippen LogP) is 3.73. The second-order valence-electron chi connectivity index (χ2n) is 5.51. The van der Waals surface area contributed by atoms with E-state index in [4.69, 9.17) is 21.1 Å². The van der Waals surface area contributed by atoms with Crippen molar-refractivity contribution in [1.29, 1.82) is 0 Å². The Morgan fingerprint density at radius 3 is 2.83 bits per heavy atom. The summed E-state index contributed by atoms with van der Waals surface area (Å²) in [4.78, 5) is 16.3. The SMILES string of the molecule is Cc1cc(OCC(=O)OCc2cn3cccc(C)c3n2)ccc1Cl. The summed E-state index contributed by atoms with van der Waals surface area (Å²) in [5, 5.41) is 0.659. The molecule has 2 heterocycles. The van der Waals surface area contributed by atoms with E-state index in [0.717, 1.165) is 16.8 Å². The van der Waals surface area contributed by atoms with Gasteiger partial charge in [0.25, 0.3) is 0 Å². The minimum atomic E-state index is -0.448. The molecule has 0 aliphatic heterocycles. The Hall–Kier alpha value is -2.53. The Morgan fingerprint density at radius 2 is 2.08 bits per heavy atom. The lowest BCUT2D eigenvalue weighted by atomic mass is 10.2. The molecule has 0 bridgehead atoms. The fraction of sp³-hybridized carbons (Fsp3) is 0.222. The monoisotopic (exact) mass is 344 g/mol. The van der Waals surface area contributed by atoms with Crippen LogP contribution in [0, 0.1) is 13.8 Å². The summed E-state index contributed by atoms with van der Waals surface area (Å²) < 4.78 is 12.5. The van der Waals surface area contributed by atoms with Gasteiger partial charge in [-0.15, -0.1) is 0 Å². The number of aryl methyl sites for hydroxylation is 2. The summed E-state index contributed by atoms with van der Waals surface area (Å²) in [7, 11) is 0. The highest BCUT2D eigenvalue weighted by atomic mass is 35.5. The first-order valence-electron chi connectivity index (χ1n) is 7.51. The van der Waals surface area contributed by atoms with Gasteiger partial charge in [-0.2, -0.15) is 0 Å². The van der Waals surface area contributed by atoms with Gasteiger partial charge in [-0.05, 0) is 49.2 Å². The van der Waals surface area contributed by atoms with E-state index in [1.165, 1.54) is 0 Å². The van der Waals surface area contributed by atoms with Crippen LogP contribution in [0.1, 0.15) is 16.8 Å². The van der Waals surface area contributed by atoms with Gasteiger partial charge < -0.3 is 13.9 Å². The average molecular weight is 345 g/mol. The molecular formula is C18H17ClN2O3. The van der Waals surface area contributed by atoms with Crippen molar-refractivity contribution in [1.82, 2.24) is 9.38 Å². The number of rotatable bonds is 5. The van der Waals surface area contributed by atoms with Crippen LogP contribution in [0.25, 0.3) is 5.65 Å². The average Bonchev–Trinajstić information content (AvgIpc) is 2.99. The Bertz CT molecular complexity index is 889. The normalized spacial score (nSPS) is 10.8. The largest absolute Gasteiger partial charge is 0.482 e. The maximum atomic E-state index is 11.8. The molecule has 6 heteroatoms. The second kappa shape index (κ2) is 6.93. The number of fused-ring (bicyclic) bond motifs is 1. The molecule has 0 saturated carbocycles. The topological polar surface area (TPSA) is 52.8 Å². The fourth-order valence-corrected chi connectivity index (χ4v) is 2.44. The van der Waals surface area contributed by atoms with Gasteiger partial charge in [-0.3, -0.25) is 0 Å². The molecule has 3 rings (SSSR count). The molecular weight excluding hydrogens is 328 g/mol. The Kier molecular flexibility index (Phi) is 4.71. The number of ether oxygens (including phenoxy) is 2. The molecule has 24 heavy (non-hydrogen) atoms. The van der Waals surface area contributed by atoms with Crippen LogP contribution in [0.3, 0.4) is 0 Å². The molecule has 0 aliphatic rings. The molecule has 0 amide bonds. The first kappa shape index (κ1) is 16.3. The lowest BCUT2D eigenvalue weighted by Gasteiger charge is -2.07. The summed E-state index contributed by atoms with van der Waals surface area (Å²) in [5.74, 6) is 0.133. The molecule has 0 aliphatic carbocycles. The van der Waals surface area contributed by atoms with E-state index in [9.17, 15) is 4.79 Å². The highest BCUT2D eigenvalue weighted by molar-refractivity contribution is 6.31. The third-order valence-corrected chi connectivity index (χ3v) is 4.02. The zero-order valence-electron chi connectivity index (χ0n) is 13.5. The summed E-state index contributed by atoms with van der Waals surface area (Å²) in [6.07, 6.45) is 3.76. The maximum Gasteiger partial charge on any atom is 0.344 e. The molecule has 3 aromatic rings. The van der Waals surface area contributed by atoms with Gasteiger partial charge in [0, 0.05) is 17.4 Å². The maximum absolute atomic E-state index is 11.8. The van der Waals surface area contributed by atoms with Gasteiger partial charge in [0.2, 0.25) is 0 Å². The molecule has 0 radical (unpaired) electrons. The van der Waals surface area contributed by atoms with Gasteiger partial charge in [-0.25, -0.2) is 9.78 Å². The number of carbonyl (C=O) groups is 1. The van der Waals surface area contributed by atoms with Crippen molar-refractivity contribution in [2.45, 2.75) is 20.5 Å². The lowest BCUT2D eigenvalue weighted by molar-refractivity contribution is -0.147. The van der Waals surface area contributed by atoms with Crippen molar-refractivity contribution in [3.05, 3.63) is 64.6 Å². The molecule has 0 atom stereocenters. The number of hydrogen-bond acceptors (Lipinski definition) is 4. The van der Waals surface area contributed by atoms with E-state index >= 15 is 0 Å². The van der Waals surface area contributed by atoms with E-state index in [1.54, 1.807) is 18.2 Å². The van der Waals surface area contributed by atoms with E-state index < -0.39 is 5.97 Å². The Balaban J connectivity index is 1.54. The standard InChI is InChI=1S/C18H17ClN2O3/c1-12-4-3-7-21-9-14(20-18(12)21)10-24-17(22)11-23-15-5-6-16(19)13(2)8-15/h3-9H,10-11H2,1-2H3. The molecule has 0 unspecified atom stereocenters. The molecule has 124 valence electrons. The summed E-state index contributed by atoms with van der Waals surface area (Å²) in [5.41, 5.74) is 3.51. The van der Waals surface area contributed by atoms with E-state index in [0.29, 0.717) is 16.5 Å². The van der Waals surface area contributed by atoms with Crippen molar-refractivity contribution in [2.75, 3.05) is 6.61 Å². The van der Waals surface area contributed by atoms with Crippen molar-refractivity contribution in [2.24, 2.45) is 0 Å². The zero-order chi connectivity index (χ0) is 17.1. The number of carbonyl (C=O) groups excluding carboxylic acids is 1. The zero-order valence-corrected chi connectivity index (χ0v) is 14.2. The van der Waals surface area contributed by atoms with Crippen LogP contribution in [-0.4, -0.2) is 22.0 Å². The lowest BCUT2D eigenvalue weighted by Crippen LogP contribution is -2.14. The van der Waals surface area contributed by atoms with Gasteiger partial charge in [0.1, 0.15) is 18.0 Å². The van der Waals surface area contributed by atoms with Crippen LogP contribution in [-0.2, 0) is 16.1 Å². The summed E-state index contributed by atoms with van der Waals surface area (Å²) >= 11 is 5.95. The van der Waals surface area contributed by atoms with Crippen LogP contribution in [0.2, 0.25) is 5.02 Å². The molecule has 0 saturated heterocycles. The molecule has 0 N–H and O–H groups in total. The van der Waals surface area contributed by atoms with Crippen molar-refractivity contribution < 1.29 is 14.3 Å². The van der Waals surface area contributed by atoms with Crippen LogP contribution in [0.4, 0.5) is 0 Å². The minimum absolute atomic E-state index is 0.114.